The molecule has 0 aliphatic carbocycles. The molecule has 196 valence electrons. The van der Waals surface area contributed by atoms with Gasteiger partial charge in [-0.1, -0.05) is 0 Å². The Morgan fingerprint density at radius 3 is 1.67 bits per heavy atom. The van der Waals surface area contributed by atoms with Crippen LogP contribution in [0.2, 0.25) is 0 Å². The van der Waals surface area contributed by atoms with Crippen LogP contribution in [0.15, 0.2) is 4.79 Å². The normalized spacial score (nSPS) is 12.9. The van der Waals surface area contributed by atoms with Crippen molar-refractivity contribution in [3.05, 3.63) is 10.4 Å². The molecule has 1 aromatic heterocycles. The molecule has 0 atom stereocenters. The van der Waals surface area contributed by atoms with E-state index in [2.05, 4.69) is 15.3 Å². The first kappa shape index (κ1) is 33.7. The Labute approximate surface area is 184 Å². The standard InChI is InChI=1S/C10H17N5O3.3H3O4P/c11-10-13-8-7(9(18)14-10)12-5-15(8)2-1-6(3-16)4-17;3*1-5(2,3)4/h6,12,16-17H,1-5H2,(H3,11,13,14,18);3*(H3,1,2,3,4). The number of aliphatic hydroxyl groups excluding tert-OH is 2. The van der Waals surface area contributed by atoms with Crippen molar-refractivity contribution in [1.29, 1.82) is 0 Å². The van der Waals surface area contributed by atoms with E-state index in [1.807, 2.05) is 4.90 Å². The van der Waals surface area contributed by atoms with Gasteiger partial charge in [0.15, 0.2) is 5.82 Å². The molecule has 0 fully saturated rings. The molecule has 0 spiro atoms. The summed E-state index contributed by atoms with van der Waals surface area (Å²) in [6, 6.07) is 0. The second-order valence-electron chi connectivity index (χ2n) is 5.81. The molecule has 0 saturated heterocycles. The Bertz CT molecular complexity index is 834. The topological polar surface area (TPSA) is 361 Å². The maximum atomic E-state index is 11.6. The number of phosphoric acid groups is 3. The van der Waals surface area contributed by atoms with Gasteiger partial charge in [-0.2, -0.15) is 4.98 Å². The van der Waals surface area contributed by atoms with Crippen LogP contribution in [0, 0.1) is 5.92 Å². The molecule has 0 unspecified atom stereocenters. The third-order valence-corrected chi connectivity index (χ3v) is 2.99. The summed E-state index contributed by atoms with van der Waals surface area (Å²) in [5, 5.41) is 20.9. The van der Waals surface area contributed by atoms with E-state index in [4.69, 9.17) is 73.7 Å². The molecule has 1 aliphatic heterocycles. The number of nitrogens with zero attached hydrogens (tertiary/aromatic N) is 2. The predicted molar refractivity (Wildman–Crippen MR) is 110 cm³/mol. The van der Waals surface area contributed by atoms with Crippen molar-refractivity contribution in [2.45, 2.75) is 6.42 Å². The molecular weight excluding hydrogens is 523 g/mol. The van der Waals surface area contributed by atoms with E-state index in [1.54, 1.807) is 0 Å². The lowest BCUT2D eigenvalue weighted by Crippen LogP contribution is -2.28. The third kappa shape index (κ3) is 23.5. The molecule has 1 aromatic rings. The molecular formula is C10H26N5O15P3. The molecule has 0 aromatic carbocycles. The smallest absolute Gasteiger partial charge is 0.396 e. The Balaban J connectivity index is 0. The van der Waals surface area contributed by atoms with Crippen LogP contribution in [0.3, 0.4) is 0 Å². The van der Waals surface area contributed by atoms with Crippen molar-refractivity contribution in [3.8, 4) is 0 Å². The summed E-state index contributed by atoms with van der Waals surface area (Å²) >= 11 is 0. The highest BCUT2D eigenvalue weighted by molar-refractivity contribution is 7.45. The lowest BCUT2D eigenvalue weighted by atomic mass is 10.1. The number of aliphatic hydroxyl groups is 2. The zero-order valence-electron chi connectivity index (χ0n) is 16.5. The Morgan fingerprint density at radius 1 is 0.909 bits per heavy atom. The van der Waals surface area contributed by atoms with Crippen molar-refractivity contribution in [1.82, 2.24) is 9.97 Å². The van der Waals surface area contributed by atoms with Crippen molar-refractivity contribution >= 4 is 40.9 Å². The van der Waals surface area contributed by atoms with Gasteiger partial charge in [-0.3, -0.25) is 9.78 Å². The van der Waals surface area contributed by atoms with Crippen molar-refractivity contribution < 1.29 is 67.9 Å². The molecule has 2 rings (SSSR count). The largest absolute Gasteiger partial charge is 0.466 e. The minimum absolute atomic E-state index is 0.0600. The lowest BCUT2D eigenvalue weighted by molar-refractivity contribution is 0.145. The molecule has 2 heterocycles. The van der Waals surface area contributed by atoms with Crippen LogP contribution in [0.4, 0.5) is 17.5 Å². The molecule has 33 heavy (non-hydrogen) atoms. The molecule has 15 N–H and O–H groups in total. The maximum absolute atomic E-state index is 11.6. The molecule has 0 radical (unpaired) electrons. The summed E-state index contributed by atoms with van der Waals surface area (Å²) in [5.74, 6) is 0.438. The highest BCUT2D eigenvalue weighted by Gasteiger charge is 2.24. The maximum Gasteiger partial charge on any atom is 0.466 e. The summed E-state index contributed by atoms with van der Waals surface area (Å²) < 4.78 is 26.6. The highest BCUT2D eigenvalue weighted by atomic mass is 31.2. The number of fused-ring (bicyclic) bond motifs is 1. The number of nitrogen functional groups attached to an aromatic ring is 1. The Hall–Kier alpha value is -1.47. The summed E-state index contributed by atoms with van der Waals surface area (Å²) in [7, 11) is -13.9. The van der Waals surface area contributed by atoms with Crippen LogP contribution in [-0.2, 0) is 13.7 Å². The fourth-order valence-corrected chi connectivity index (χ4v) is 1.88. The summed E-state index contributed by atoms with van der Waals surface area (Å²) in [4.78, 5) is 84.6. The molecule has 20 nitrogen and oxygen atoms in total. The number of nitrogens with two attached hydrogens (primary N) is 1. The van der Waals surface area contributed by atoms with Gasteiger partial charge in [-0.25, -0.2) is 13.7 Å². The predicted octanol–water partition coefficient (Wildman–Crippen LogP) is -4.25. The monoisotopic (exact) mass is 549 g/mol. The molecule has 0 bridgehead atoms. The first-order valence-electron chi connectivity index (χ1n) is 8.10. The first-order chi connectivity index (χ1) is 14.7. The first-order valence-corrected chi connectivity index (χ1v) is 12.8. The SMILES string of the molecule is Nc1nc2c(c(=O)[nH]1)NCN2CCC(CO)CO.O=P(O)(O)O.O=P(O)(O)O.O=P(O)(O)O. The quantitative estimate of drug-likeness (QED) is 0.154. The average Bonchev–Trinajstić information content (AvgIpc) is 2.94. The van der Waals surface area contributed by atoms with E-state index in [0.29, 0.717) is 31.1 Å². The second-order valence-corrected chi connectivity index (χ2v) is 8.89. The van der Waals surface area contributed by atoms with E-state index in [1.165, 1.54) is 0 Å². The van der Waals surface area contributed by atoms with Crippen LogP contribution < -0.4 is 21.5 Å². The molecule has 0 amide bonds. The van der Waals surface area contributed by atoms with Gasteiger partial charge in [0.25, 0.3) is 5.56 Å². The summed E-state index contributed by atoms with van der Waals surface area (Å²) in [6.45, 7) is 0.936. The number of nitrogens with one attached hydrogen (secondary N) is 2. The highest BCUT2D eigenvalue weighted by Crippen LogP contribution is 2.27. The van der Waals surface area contributed by atoms with Gasteiger partial charge in [-0.05, 0) is 6.42 Å². The van der Waals surface area contributed by atoms with Gasteiger partial charge in [0.1, 0.15) is 5.69 Å². The number of rotatable bonds is 5. The number of H-pyrrole nitrogens is 1. The van der Waals surface area contributed by atoms with E-state index in [0.717, 1.165) is 0 Å². The minimum Gasteiger partial charge on any atom is -0.396 e. The second kappa shape index (κ2) is 14.7. The Kier molecular flexibility index (Phi) is 15.0. The number of aromatic amines is 1. The number of aromatic nitrogens is 2. The van der Waals surface area contributed by atoms with Gasteiger partial charge >= 0.3 is 23.5 Å². The van der Waals surface area contributed by atoms with Gasteiger partial charge in [-0.15, -0.1) is 0 Å². The van der Waals surface area contributed by atoms with Gasteiger partial charge in [0.05, 0.1) is 6.67 Å². The van der Waals surface area contributed by atoms with E-state index < -0.39 is 23.5 Å². The van der Waals surface area contributed by atoms with Gasteiger partial charge < -0.3 is 70.2 Å². The van der Waals surface area contributed by atoms with Crippen LogP contribution in [0.5, 0.6) is 0 Å². The van der Waals surface area contributed by atoms with Crippen LogP contribution in [0.25, 0.3) is 0 Å². The van der Waals surface area contributed by atoms with Crippen LogP contribution in [0.1, 0.15) is 6.42 Å². The van der Waals surface area contributed by atoms with Gasteiger partial charge in [0, 0.05) is 25.7 Å². The summed E-state index contributed by atoms with van der Waals surface area (Å²) in [5.41, 5.74) is 5.62. The van der Waals surface area contributed by atoms with E-state index >= 15 is 0 Å². The molecule has 23 heteroatoms. The zero-order chi connectivity index (χ0) is 26.6. The minimum atomic E-state index is -4.64. The lowest BCUT2D eigenvalue weighted by Gasteiger charge is -2.19. The fourth-order valence-electron chi connectivity index (χ4n) is 1.88. The molecule has 0 saturated carbocycles. The van der Waals surface area contributed by atoms with Crippen molar-refractivity contribution in [2.24, 2.45) is 5.92 Å². The Morgan fingerprint density at radius 2 is 1.30 bits per heavy atom. The summed E-state index contributed by atoms with van der Waals surface area (Å²) in [6.07, 6.45) is 0.614. The molecule has 1 aliphatic rings. The van der Waals surface area contributed by atoms with Crippen molar-refractivity contribution in [2.75, 3.05) is 42.4 Å². The van der Waals surface area contributed by atoms with E-state index in [9.17, 15) is 4.79 Å². The van der Waals surface area contributed by atoms with Gasteiger partial charge in [0.2, 0.25) is 5.95 Å². The zero-order valence-corrected chi connectivity index (χ0v) is 19.2. The number of anilines is 3. The van der Waals surface area contributed by atoms with Crippen LogP contribution in [-0.4, -0.2) is 90.6 Å². The van der Waals surface area contributed by atoms with Crippen LogP contribution >= 0.6 is 23.5 Å². The van der Waals surface area contributed by atoms with Crippen molar-refractivity contribution in [3.63, 3.8) is 0 Å². The number of hydrogen-bond donors (Lipinski definition) is 14. The number of hydrogen-bond acceptors (Lipinski definition) is 10. The fraction of sp³-hybridized carbons (Fsp3) is 0.600. The third-order valence-electron chi connectivity index (χ3n) is 2.99. The van der Waals surface area contributed by atoms with E-state index in [-0.39, 0.29) is 30.6 Å². The average molecular weight is 549 g/mol.